The number of carbonyl (C=O) groups is 1. The van der Waals surface area contributed by atoms with Crippen molar-refractivity contribution in [1.29, 1.82) is 0 Å². The van der Waals surface area contributed by atoms with Gasteiger partial charge in [0, 0.05) is 19.5 Å². The molecular weight excluding hydrogens is 234 g/mol. The molecule has 0 bridgehead atoms. The van der Waals surface area contributed by atoms with Crippen LogP contribution in [0.2, 0.25) is 0 Å². The van der Waals surface area contributed by atoms with Crippen LogP contribution in [0.4, 0.5) is 0 Å². The Balaban J connectivity index is 1.49. The van der Waals surface area contributed by atoms with E-state index in [9.17, 15) is 4.79 Å². The molecule has 3 aliphatic carbocycles. The van der Waals surface area contributed by atoms with Gasteiger partial charge in [0.2, 0.25) is 5.91 Å². The Bertz CT molecular complexity index is 396. The standard InChI is InChI=1S/C17H27NO/c1-11-4-7-15(12(2)8-11)16-9-14(16)10-18(3)17(19)13-5-6-13/h8,12-16H,4-7,9-10H2,1-3H3/t12?,14-,15?,16?/m1/s1. The second-order valence-electron chi connectivity index (χ2n) is 7.23. The van der Waals surface area contributed by atoms with Gasteiger partial charge >= 0.3 is 0 Å². The van der Waals surface area contributed by atoms with Gasteiger partial charge in [-0.2, -0.15) is 0 Å². The van der Waals surface area contributed by atoms with Crippen molar-refractivity contribution in [2.75, 3.05) is 13.6 Å². The molecule has 1 amide bonds. The predicted molar refractivity (Wildman–Crippen MR) is 77.6 cm³/mol. The zero-order valence-corrected chi connectivity index (χ0v) is 12.6. The van der Waals surface area contributed by atoms with Crippen molar-refractivity contribution in [3.05, 3.63) is 11.6 Å². The van der Waals surface area contributed by atoms with Crippen LogP contribution in [-0.4, -0.2) is 24.4 Å². The molecule has 0 aromatic rings. The summed E-state index contributed by atoms with van der Waals surface area (Å²) >= 11 is 0. The van der Waals surface area contributed by atoms with Gasteiger partial charge in [0.25, 0.3) is 0 Å². The number of rotatable bonds is 4. The monoisotopic (exact) mass is 261 g/mol. The summed E-state index contributed by atoms with van der Waals surface area (Å²) in [5, 5.41) is 0. The molecule has 0 heterocycles. The third-order valence-electron chi connectivity index (χ3n) is 5.43. The highest BCUT2D eigenvalue weighted by atomic mass is 16.2. The molecule has 0 aliphatic heterocycles. The minimum absolute atomic E-state index is 0.376. The molecule has 0 aromatic carbocycles. The molecule has 19 heavy (non-hydrogen) atoms. The molecule has 3 aliphatic rings. The Morgan fingerprint density at radius 1 is 1.32 bits per heavy atom. The number of hydrogen-bond acceptors (Lipinski definition) is 1. The number of nitrogens with zero attached hydrogens (tertiary/aromatic N) is 1. The molecular formula is C17H27NO. The molecule has 0 spiro atoms. The van der Waals surface area contributed by atoms with Crippen LogP contribution in [0.3, 0.4) is 0 Å². The Morgan fingerprint density at radius 2 is 2.05 bits per heavy atom. The van der Waals surface area contributed by atoms with Gasteiger partial charge in [0.15, 0.2) is 0 Å². The van der Waals surface area contributed by atoms with E-state index in [2.05, 4.69) is 19.9 Å². The lowest BCUT2D eigenvalue weighted by molar-refractivity contribution is -0.131. The fraction of sp³-hybridized carbons (Fsp3) is 0.824. The lowest BCUT2D eigenvalue weighted by Gasteiger charge is -2.28. The first kappa shape index (κ1) is 13.2. The van der Waals surface area contributed by atoms with Crippen LogP contribution in [0.5, 0.6) is 0 Å². The first-order valence-electron chi connectivity index (χ1n) is 7.98. The van der Waals surface area contributed by atoms with Gasteiger partial charge in [-0.3, -0.25) is 4.79 Å². The summed E-state index contributed by atoms with van der Waals surface area (Å²) in [5.74, 6) is 4.06. The van der Waals surface area contributed by atoms with Gasteiger partial charge < -0.3 is 4.90 Å². The highest BCUT2D eigenvalue weighted by Gasteiger charge is 2.46. The molecule has 3 rings (SSSR count). The maximum Gasteiger partial charge on any atom is 0.225 e. The van der Waals surface area contributed by atoms with Gasteiger partial charge in [-0.25, -0.2) is 0 Å². The fourth-order valence-corrected chi connectivity index (χ4v) is 4.01. The maximum absolute atomic E-state index is 12.0. The topological polar surface area (TPSA) is 20.3 Å². The SMILES string of the molecule is CC1=CC(C)C(C2C[C@@H]2CN(C)C(=O)C2CC2)CC1. The first-order chi connectivity index (χ1) is 9.06. The van der Waals surface area contributed by atoms with Crippen LogP contribution < -0.4 is 0 Å². The average Bonchev–Trinajstić information content (AvgIpc) is 3.22. The minimum atomic E-state index is 0.376. The Morgan fingerprint density at radius 3 is 2.68 bits per heavy atom. The average molecular weight is 261 g/mol. The molecule has 106 valence electrons. The van der Waals surface area contributed by atoms with Crippen molar-refractivity contribution in [2.45, 2.75) is 46.0 Å². The van der Waals surface area contributed by atoms with Crippen LogP contribution in [0.1, 0.15) is 46.0 Å². The Hall–Kier alpha value is -0.790. The van der Waals surface area contributed by atoms with Crippen LogP contribution in [0.25, 0.3) is 0 Å². The summed E-state index contributed by atoms with van der Waals surface area (Å²) in [6, 6.07) is 0. The highest BCUT2D eigenvalue weighted by molar-refractivity contribution is 5.80. The smallest absolute Gasteiger partial charge is 0.225 e. The fourth-order valence-electron chi connectivity index (χ4n) is 4.01. The van der Waals surface area contributed by atoms with Crippen molar-refractivity contribution < 1.29 is 4.79 Å². The second kappa shape index (κ2) is 4.96. The van der Waals surface area contributed by atoms with Crippen molar-refractivity contribution >= 4 is 5.91 Å². The van der Waals surface area contributed by atoms with Crippen LogP contribution >= 0.6 is 0 Å². The van der Waals surface area contributed by atoms with Gasteiger partial charge in [0.1, 0.15) is 0 Å². The van der Waals surface area contributed by atoms with Gasteiger partial charge in [-0.15, -0.1) is 0 Å². The number of carbonyl (C=O) groups excluding carboxylic acids is 1. The molecule has 3 unspecified atom stereocenters. The molecule has 0 saturated heterocycles. The predicted octanol–water partition coefficient (Wildman–Crippen LogP) is 3.48. The summed E-state index contributed by atoms with van der Waals surface area (Å²) in [5.41, 5.74) is 1.57. The summed E-state index contributed by atoms with van der Waals surface area (Å²) in [4.78, 5) is 14.0. The van der Waals surface area contributed by atoms with Crippen LogP contribution in [0.15, 0.2) is 11.6 Å². The third-order valence-corrected chi connectivity index (χ3v) is 5.43. The van der Waals surface area contributed by atoms with E-state index >= 15 is 0 Å². The van der Waals surface area contributed by atoms with Gasteiger partial charge in [-0.1, -0.05) is 18.6 Å². The first-order valence-corrected chi connectivity index (χ1v) is 7.98. The summed E-state index contributed by atoms with van der Waals surface area (Å²) in [7, 11) is 2.00. The third kappa shape index (κ3) is 2.88. The van der Waals surface area contributed by atoms with Gasteiger partial charge in [0.05, 0.1) is 0 Å². The lowest BCUT2D eigenvalue weighted by atomic mass is 9.78. The number of hydrogen-bond donors (Lipinski definition) is 0. The number of allylic oxidation sites excluding steroid dienone is 2. The molecule has 0 radical (unpaired) electrons. The highest BCUT2D eigenvalue weighted by Crippen LogP contribution is 2.51. The van der Waals surface area contributed by atoms with E-state index in [1.165, 1.54) is 19.3 Å². The molecule has 0 N–H and O–H groups in total. The quantitative estimate of drug-likeness (QED) is 0.709. The maximum atomic E-state index is 12.0. The van der Waals surface area contributed by atoms with Crippen molar-refractivity contribution in [1.82, 2.24) is 4.90 Å². The number of amides is 1. The second-order valence-corrected chi connectivity index (χ2v) is 7.23. The van der Waals surface area contributed by atoms with E-state index in [0.29, 0.717) is 11.8 Å². The molecule has 2 nitrogen and oxygen atoms in total. The van der Waals surface area contributed by atoms with E-state index in [0.717, 1.165) is 43.1 Å². The van der Waals surface area contributed by atoms with E-state index in [-0.39, 0.29) is 0 Å². The van der Waals surface area contributed by atoms with Crippen molar-refractivity contribution in [3.63, 3.8) is 0 Å². The van der Waals surface area contributed by atoms with E-state index < -0.39 is 0 Å². The van der Waals surface area contributed by atoms with Crippen LogP contribution in [-0.2, 0) is 4.79 Å². The lowest BCUT2D eigenvalue weighted by Crippen LogP contribution is -2.31. The van der Waals surface area contributed by atoms with E-state index in [4.69, 9.17) is 0 Å². The van der Waals surface area contributed by atoms with Gasteiger partial charge in [-0.05, 0) is 62.7 Å². The Labute approximate surface area is 117 Å². The minimum Gasteiger partial charge on any atom is -0.345 e. The largest absolute Gasteiger partial charge is 0.345 e. The molecule has 0 aromatic heterocycles. The zero-order chi connectivity index (χ0) is 13.6. The summed E-state index contributed by atoms with van der Waals surface area (Å²) < 4.78 is 0. The molecule has 2 fully saturated rings. The molecule has 2 heteroatoms. The molecule has 4 atom stereocenters. The van der Waals surface area contributed by atoms with E-state index in [1.807, 2.05) is 11.9 Å². The van der Waals surface area contributed by atoms with Crippen molar-refractivity contribution in [3.8, 4) is 0 Å². The molecule has 2 saturated carbocycles. The zero-order valence-electron chi connectivity index (χ0n) is 12.6. The summed E-state index contributed by atoms with van der Waals surface area (Å²) in [6.07, 6.45) is 8.73. The van der Waals surface area contributed by atoms with Crippen molar-refractivity contribution in [2.24, 2.45) is 29.6 Å². The Kier molecular flexibility index (Phi) is 3.44. The normalized spacial score (nSPS) is 37.7. The van der Waals surface area contributed by atoms with E-state index in [1.54, 1.807) is 5.57 Å². The van der Waals surface area contributed by atoms with Crippen LogP contribution in [0, 0.1) is 29.6 Å². The summed E-state index contributed by atoms with van der Waals surface area (Å²) in [6.45, 7) is 5.65.